The molecule has 0 saturated carbocycles. The molecule has 2 heterocycles. The van der Waals surface area contributed by atoms with Gasteiger partial charge in [-0.05, 0) is 47.9 Å². The number of carbonyl (C=O) groups excluding carboxylic acids is 1. The number of para-hydroxylation sites is 1. The van der Waals surface area contributed by atoms with Crippen LogP contribution in [0.4, 0.5) is 5.69 Å². The maximum atomic E-state index is 13.5. The lowest BCUT2D eigenvalue weighted by molar-refractivity contribution is -0.763. The molecule has 1 N–H and O–H groups in total. The van der Waals surface area contributed by atoms with Gasteiger partial charge in [0.2, 0.25) is 11.1 Å². The van der Waals surface area contributed by atoms with Gasteiger partial charge in [-0.3, -0.25) is 14.6 Å². The van der Waals surface area contributed by atoms with E-state index in [9.17, 15) is 9.59 Å². The molecule has 8 nitrogen and oxygen atoms in total. The highest BCUT2D eigenvalue weighted by atomic mass is 35.5. The number of halogens is 1. The number of aromatic amines is 1. The molecule has 3 aromatic carbocycles. The van der Waals surface area contributed by atoms with Gasteiger partial charge in [0.25, 0.3) is 6.17 Å². The van der Waals surface area contributed by atoms with Crippen molar-refractivity contribution in [3.05, 3.63) is 93.2 Å². The van der Waals surface area contributed by atoms with Crippen LogP contribution in [0.5, 0.6) is 11.5 Å². The predicted octanol–water partition coefficient (Wildman–Crippen LogP) is 6.16. The summed E-state index contributed by atoms with van der Waals surface area (Å²) in [6.07, 6.45) is 1.23. The van der Waals surface area contributed by atoms with Gasteiger partial charge < -0.3 is 9.47 Å². The van der Waals surface area contributed by atoms with Crippen LogP contribution in [0.1, 0.15) is 50.9 Å². The second-order valence-corrected chi connectivity index (χ2v) is 11.1. The number of carbonyl (C=O) groups is 1. The van der Waals surface area contributed by atoms with Crippen LogP contribution >= 0.6 is 23.4 Å². The van der Waals surface area contributed by atoms with Crippen LogP contribution in [-0.4, -0.2) is 28.3 Å². The summed E-state index contributed by atoms with van der Waals surface area (Å²) in [5.41, 5.74) is 2.94. The van der Waals surface area contributed by atoms with E-state index in [1.165, 1.54) is 18.7 Å². The predicted molar refractivity (Wildman–Crippen MR) is 161 cm³/mol. The van der Waals surface area contributed by atoms with E-state index in [1.807, 2.05) is 67.6 Å². The second kappa shape index (κ2) is 12.8. The Morgan fingerprint density at radius 3 is 2.59 bits per heavy atom. The van der Waals surface area contributed by atoms with E-state index in [-0.39, 0.29) is 11.5 Å². The summed E-state index contributed by atoms with van der Waals surface area (Å²) in [5.74, 6) is 1.45. The van der Waals surface area contributed by atoms with Crippen LogP contribution in [-0.2, 0) is 11.4 Å². The highest BCUT2D eigenvalue weighted by molar-refractivity contribution is 7.99. The Labute approximate surface area is 248 Å². The van der Waals surface area contributed by atoms with E-state index >= 15 is 0 Å². The Morgan fingerprint density at radius 2 is 1.85 bits per heavy atom. The SMILES string of the molecule is CCCCSc1n[n+]2c(c(=O)[nH]1)-c1ccccc1N(C(C)=O)[C@@H]2c1cc(Cl)c(OCc2ccccc2)c(OCC)c1. The average Bonchev–Trinajstić information content (AvgIpc) is 2.96. The molecular weight excluding hydrogens is 560 g/mol. The monoisotopic (exact) mass is 591 g/mol. The van der Waals surface area contributed by atoms with Gasteiger partial charge in [0, 0.05) is 17.8 Å². The molecule has 0 fully saturated rings. The number of hydrogen-bond acceptors (Lipinski definition) is 6. The van der Waals surface area contributed by atoms with Crippen LogP contribution < -0.4 is 24.6 Å². The van der Waals surface area contributed by atoms with Crippen LogP contribution in [0, 0.1) is 0 Å². The maximum absolute atomic E-state index is 13.5. The summed E-state index contributed by atoms with van der Waals surface area (Å²) in [7, 11) is 0. The minimum atomic E-state index is -0.787. The zero-order chi connectivity index (χ0) is 28.9. The number of benzene rings is 3. The first-order valence-corrected chi connectivity index (χ1v) is 15.0. The maximum Gasteiger partial charge on any atom is 0.325 e. The molecule has 0 spiro atoms. The molecule has 1 atom stereocenters. The van der Waals surface area contributed by atoms with Crippen molar-refractivity contribution in [2.45, 2.75) is 51.5 Å². The van der Waals surface area contributed by atoms with Gasteiger partial charge in [0.05, 0.1) is 28.4 Å². The smallest absolute Gasteiger partial charge is 0.325 e. The fourth-order valence-corrected chi connectivity index (χ4v) is 6.07. The standard InChI is InChI=1S/C31H31ClN4O4S/c1-4-6-16-41-31-33-29(38)27-23-14-10-11-15-25(23)35(20(3)37)30(36(27)34-31)22-17-24(32)28(26(18-22)39-5-2)40-19-21-12-8-7-9-13-21/h7-15,17-18,30H,4-6,16,19H2,1-3H3/p+1/t30-/m0/s1. The van der Waals surface area contributed by atoms with Crippen molar-refractivity contribution in [1.82, 2.24) is 10.1 Å². The normalized spacial score (nSPS) is 13.9. The number of aromatic nitrogens is 3. The number of hydrogen-bond donors (Lipinski definition) is 1. The summed E-state index contributed by atoms with van der Waals surface area (Å²) in [6.45, 7) is 6.19. The van der Waals surface area contributed by atoms with E-state index < -0.39 is 6.17 Å². The van der Waals surface area contributed by atoms with Crippen molar-refractivity contribution in [2.75, 3.05) is 17.3 Å². The molecule has 1 aliphatic heterocycles. The first-order chi connectivity index (χ1) is 19.9. The number of thioether (sulfide) groups is 1. The Kier molecular flexibility index (Phi) is 8.95. The third kappa shape index (κ3) is 5.96. The third-order valence-electron chi connectivity index (χ3n) is 6.69. The molecule has 0 bridgehead atoms. The second-order valence-electron chi connectivity index (χ2n) is 9.57. The molecule has 1 amide bonds. The van der Waals surface area contributed by atoms with Gasteiger partial charge in [-0.1, -0.05) is 79.2 Å². The van der Waals surface area contributed by atoms with Crippen LogP contribution in [0.15, 0.2) is 76.7 Å². The van der Waals surface area contributed by atoms with Crippen LogP contribution in [0.2, 0.25) is 5.02 Å². The number of fused-ring (bicyclic) bond motifs is 3. The number of amides is 1. The molecule has 5 rings (SSSR count). The number of anilines is 1. The van der Waals surface area contributed by atoms with Crippen molar-refractivity contribution < 1.29 is 19.0 Å². The fraction of sp³-hybridized carbons (Fsp3) is 0.290. The van der Waals surface area contributed by atoms with Gasteiger partial charge in [-0.25, -0.2) is 4.90 Å². The number of H-pyrrole nitrogens is 1. The lowest BCUT2D eigenvalue weighted by Crippen LogP contribution is -2.60. The summed E-state index contributed by atoms with van der Waals surface area (Å²) in [4.78, 5) is 31.4. The number of unbranched alkanes of at least 4 members (excludes halogenated alkanes) is 1. The Balaban J connectivity index is 1.66. The summed E-state index contributed by atoms with van der Waals surface area (Å²) >= 11 is 8.33. The molecule has 0 unspecified atom stereocenters. The van der Waals surface area contributed by atoms with Gasteiger partial charge in [-0.2, -0.15) is 0 Å². The quantitative estimate of drug-likeness (QED) is 0.135. The summed E-state index contributed by atoms with van der Waals surface area (Å²) in [6, 6.07) is 20.7. The largest absolute Gasteiger partial charge is 0.490 e. The first kappa shape index (κ1) is 28.7. The number of nitrogens with zero attached hydrogens (tertiary/aromatic N) is 3. The number of rotatable bonds is 10. The minimum Gasteiger partial charge on any atom is -0.490 e. The van der Waals surface area contributed by atoms with E-state index in [2.05, 4.69) is 11.9 Å². The summed E-state index contributed by atoms with van der Waals surface area (Å²) < 4.78 is 13.7. The fourth-order valence-electron chi connectivity index (χ4n) is 4.86. The Morgan fingerprint density at radius 1 is 1.10 bits per heavy atom. The van der Waals surface area contributed by atoms with Crippen molar-refractivity contribution >= 4 is 35.0 Å². The molecule has 1 aliphatic rings. The first-order valence-electron chi connectivity index (χ1n) is 13.6. The zero-order valence-electron chi connectivity index (χ0n) is 23.2. The van der Waals surface area contributed by atoms with Crippen molar-refractivity contribution in [3.63, 3.8) is 0 Å². The molecule has 212 valence electrons. The molecule has 0 saturated heterocycles. The highest BCUT2D eigenvalue weighted by Crippen LogP contribution is 2.42. The minimum absolute atomic E-state index is 0.207. The molecule has 10 heteroatoms. The van der Waals surface area contributed by atoms with Crippen LogP contribution in [0.25, 0.3) is 11.3 Å². The molecule has 1 aromatic heterocycles. The Hall–Kier alpha value is -3.82. The van der Waals surface area contributed by atoms with Gasteiger partial charge in [0.15, 0.2) is 11.5 Å². The molecule has 0 aliphatic carbocycles. The number of nitrogens with one attached hydrogen (secondary N) is 1. The molecule has 0 radical (unpaired) electrons. The lowest BCUT2D eigenvalue weighted by atomic mass is 10.0. The van der Waals surface area contributed by atoms with E-state index in [4.69, 9.17) is 26.2 Å². The van der Waals surface area contributed by atoms with Crippen LogP contribution in [0.3, 0.4) is 0 Å². The van der Waals surface area contributed by atoms with E-state index in [0.717, 1.165) is 24.2 Å². The highest BCUT2D eigenvalue weighted by Gasteiger charge is 2.45. The van der Waals surface area contributed by atoms with Gasteiger partial charge in [-0.15, -0.1) is 0 Å². The molecular formula is C31H32ClN4O4S+. The summed E-state index contributed by atoms with van der Waals surface area (Å²) in [5, 5.41) is 5.67. The molecule has 4 aromatic rings. The van der Waals surface area contributed by atoms with E-state index in [0.29, 0.717) is 57.4 Å². The van der Waals surface area contributed by atoms with Crippen molar-refractivity contribution in [3.8, 4) is 22.8 Å². The molecule has 41 heavy (non-hydrogen) atoms. The Bertz CT molecular complexity index is 1610. The topological polar surface area (TPSA) is 88.4 Å². The van der Waals surface area contributed by atoms with E-state index in [1.54, 1.807) is 15.6 Å². The average molecular weight is 592 g/mol. The van der Waals surface area contributed by atoms with Crippen molar-refractivity contribution in [1.29, 1.82) is 0 Å². The van der Waals surface area contributed by atoms with Gasteiger partial charge in [0.1, 0.15) is 6.61 Å². The number of ether oxygens (including phenoxy) is 2. The zero-order valence-corrected chi connectivity index (χ0v) is 24.8. The lowest BCUT2D eigenvalue weighted by Gasteiger charge is -2.31. The van der Waals surface area contributed by atoms with Gasteiger partial charge >= 0.3 is 11.3 Å². The third-order valence-corrected chi connectivity index (χ3v) is 7.92. The van der Waals surface area contributed by atoms with Crippen molar-refractivity contribution in [2.24, 2.45) is 0 Å².